The molecule has 1 saturated carbocycles. The van der Waals surface area contributed by atoms with Crippen LogP contribution in [0.4, 0.5) is 0 Å². The van der Waals surface area contributed by atoms with Crippen LogP contribution in [0.5, 0.6) is 5.75 Å². The Morgan fingerprint density at radius 2 is 2.16 bits per heavy atom. The average Bonchev–Trinajstić information content (AvgIpc) is 2.37. The van der Waals surface area contributed by atoms with Crippen molar-refractivity contribution in [1.82, 2.24) is 0 Å². The molecule has 3 atom stereocenters. The van der Waals surface area contributed by atoms with Crippen LogP contribution in [-0.4, -0.2) is 43.7 Å². The number of hydrogen-bond acceptors (Lipinski definition) is 4. The van der Waals surface area contributed by atoms with Crippen LogP contribution in [0.15, 0.2) is 18.2 Å². The van der Waals surface area contributed by atoms with Crippen molar-refractivity contribution in [2.45, 2.75) is 31.7 Å². The number of ether oxygens (including phenoxy) is 3. The molecule has 0 spiro atoms. The Hall–Kier alpha value is -0.810. The van der Waals surface area contributed by atoms with Crippen molar-refractivity contribution in [2.24, 2.45) is 0 Å². The van der Waals surface area contributed by atoms with Gasteiger partial charge in [0.1, 0.15) is 18.0 Å². The summed E-state index contributed by atoms with van der Waals surface area (Å²) in [6.07, 6.45) is -0.286. The summed E-state index contributed by atoms with van der Waals surface area (Å²) in [5, 5.41) is 10.4. The van der Waals surface area contributed by atoms with Crippen LogP contribution in [0.2, 0.25) is 5.02 Å². The molecule has 2 rings (SSSR count). The number of halogens is 1. The molecule has 19 heavy (non-hydrogen) atoms. The van der Waals surface area contributed by atoms with Crippen LogP contribution >= 0.6 is 11.6 Å². The molecule has 0 bridgehead atoms. The second-order valence-electron chi connectivity index (χ2n) is 4.70. The maximum Gasteiger partial charge on any atom is 0.130 e. The maximum absolute atomic E-state index is 9.70. The number of aliphatic hydroxyl groups is 1. The highest BCUT2D eigenvalue weighted by atomic mass is 35.5. The van der Waals surface area contributed by atoms with Crippen molar-refractivity contribution in [2.75, 3.05) is 20.3 Å². The molecule has 1 fully saturated rings. The van der Waals surface area contributed by atoms with E-state index in [1.54, 1.807) is 13.2 Å². The smallest absolute Gasteiger partial charge is 0.130 e. The van der Waals surface area contributed by atoms with Gasteiger partial charge in [-0.15, -0.1) is 0 Å². The van der Waals surface area contributed by atoms with E-state index in [9.17, 15) is 5.11 Å². The van der Waals surface area contributed by atoms with Gasteiger partial charge in [0.2, 0.25) is 0 Å². The Kier molecular flexibility index (Phi) is 5.05. The monoisotopic (exact) mass is 286 g/mol. The van der Waals surface area contributed by atoms with E-state index >= 15 is 0 Å². The topological polar surface area (TPSA) is 47.9 Å². The zero-order valence-electron chi connectivity index (χ0n) is 11.1. The fourth-order valence-corrected chi connectivity index (χ4v) is 2.29. The molecule has 1 aliphatic carbocycles. The normalized spacial score (nSPS) is 26.0. The molecule has 1 aromatic carbocycles. The van der Waals surface area contributed by atoms with E-state index < -0.39 is 6.10 Å². The van der Waals surface area contributed by atoms with Gasteiger partial charge in [0.05, 0.1) is 19.3 Å². The predicted molar refractivity (Wildman–Crippen MR) is 72.8 cm³/mol. The molecule has 0 aliphatic heterocycles. The molecule has 5 heteroatoms. The van der Waals surface area contributed by atoms with E-state index in [0.29, 0.717) is 24.7 Å². The molecular weight excluding hydrogens is 268 g/mol. The summed E-state index contributed by atoms with van der Waals surface area (Å²) in [6.45, 7) is 2.91. The van der Waals surface area contributed by atoms with Crippen molar-refractivity contribution in [1.29, 1.82) is 0 Å². The second kappa shape index (κ2) is 6.57. The first-order valence-electron chi connectivity index (χ1n) is 6.33. The lowest BCUT2D eigenvalue weighted by Crippen LogP contribution is -2.55. The van der Waals surface area contributed by atoms with Gasteiger partial charge in [0, 0.05) is 18.6 Å². The Bertz CT molecular complexity index is 424. The molecule has 1 N–H and O–H groups in total. The van der Waals surface area contributed by atoms with Crippen LogP contribution in [-0.2, 0) is 9.47 Å². The molecule has 1 aromatic rings. The zero-order valence-corrected chi connectivity index (χ0v) is 11.9. The van der Waals surface area contributed by atoms with Crippen LogP contribution in [0.25, 0.3) is 0 Å². The van der Waals surface area contributed by atoms with Crippen molar-refractivity contribution in [3.63, 3.8) is 0 Å². The minimum Gasteiger partial charge on any atom is -0.487 e. The highest BCUT2D eigenvalue weighted by Gasteiger charge is 2.43. The van der Waals surface area contributed by atoms with E-state index in [0.717, 1.165) is 11.3 Å². The minimum atomic E-state index is -0.463. The minimum absolute atomic E-state index is 0.119. The Balaban J connectivity index is 1.91. The Labute approximate surface area is 118 Å². The molecule has 1 aliphatic rings. The molecule has 0 amide bonds. The fraction of sp³-hybridized carbons (Fsp3) is 0.571. The van der Waals surface area contributed by atoms with Gasteiger partial charge in [-0.25, -0.2) is 0 Å². The highest BCUT2D eigenvalue weighted by molar-refractivity contribution is 6.30. The molecule has 4 nitrogen and oxygen atoms in total. The van der Waals surface area contributed by atoms with Crippen LogP contribution < -0.4 is 4.74 Å². The van der Waals surface area contributed by atoms with E-state index in [4.69, 9.17) is 25.8 Å². The number of hydrogen-bond donors (Lipinski definition) is 1. The lowest BCUT2D eigenvalue weighted by molar-refractivity contribution is -0.167. The third-order valence-corrected chi connectivity index (χ3v) is 3.47. The molecular formula is C14H19ClO4. The van der Waals surface area contributed by atoms with Crippen molar-refractivity contribution < 1.29 is 19.3 Å². The van der Waals surface area contributed by atoms with Crippen molar-refractivity contribution in [3.05, 3.63) is 28.8 Å². The summed E-state index contributed by atoms with van der Waals surface area (Å²) >= 11 is 5.90. The van der Waals surface area contributed by atoms with E-state index in [1.807, 2.05) is 19.1 Å². The SMILES string of the molecule is COCCOC1C(O)CC1Oc1ccc(Cl)cc1C. The van der Waals surface area contributed by atoms with Gasteiger partial charge in [0.15, 0.2) is 0 Å². The molecule has 106 valence electrons. The Morgan fingerprint density at radius 1 is 1.37 bits per heavy atom. The summed E-state index contributed by atoms with van der Waals surface area (Å²) in [5.74, 6) is 0.779. The maximum atomic E-state index is 9.70. The van der Waals surface area contributed by atoms with Crippen LogP contribution in [0, 0.1) is 6.92 Å². The zero-order chi connectivity index (χ0) is 13.8. The Morgan fingerprint density at radius 3 is 2.79 bits per heavy atom. The fourth-order valence-electron chi connectivity index (χ4n) is 2.07. The van der Waals surface area contributed by atoms with Gasteiger partial charge in [0.25, 0.3) is 0 Å². The van der Waals surface area contributed by atoms with Gasteiger partial charge in [-0.1, -0.05) is 11.6 Å². The third-order valence-electron chi connectivity index (χ3n) is 3.23. The summed E-state index contributed by atoms with van der Waals surface area (Å²) in [5.41, 5.74) is 0.976. The quantitative estimate of drug-likeness (QED) is 0.815. The number of methoxy groups -OCH3 is 1. The second-order valence-corrected chi connectivity index (χ2v) is 5.13. The summed E-state index contributed by atoms with van der Waals surface area (Å²) in [4.78, 5) is 0. The number of rotatable bonds is 6. The first-order chi connectivity index (χ1) is 9.11. The van der Waals surface area contributed by atoms with Gasteiger partial charge >= 0.3 is 0 Å². The van der Waals surface area contributed by atoms with Gasteiger partial charge < -0.3 is 19.3 Å². The molecule has 0 radical (unpaired) electrons. The van der Waals surface area contributed by atoms with Crippen molar-refractivity contribution >= 4 is 11.6 Å². The summed E-state index contributed by atoms with van der Waals surface area (Å²) < 4.78 is 16.3. The van der Waals surface area contributed by atoms with Gasteiger partial charge in [-0.2, -0.15) is 0 Å². The van der Waals surface area contributed by atoms with E-state index in [1.165, 1.54) is 0 Å². The van der Waals surface area contributed by atoms with Gasteiger partial charge in [-0.05, 0) is 30.7 Å². The molecule has 0 heterocycles. The standard InChI is InChI=1S/C14H19ClO4/c1-9-7-10(15)3-4-12(9)19-13-8-11(16)14(13)18-6-5-17-2/h3-4,7,11,13-14,16H,5-6,8H2,1-2H3. The molecule has 0 saturated heterocycles. The third kappa shape index (κ3) is 3.60. The van der Waals surface area contributed by atoms with E-state index in [-0.39, 0.29) is 12.2 Å². The number of aliphatic hydroxyl groups excluding tert-OH is 1. The van der Waals surface area contributed by atoms with Crippen LogP contribution in [0.1, 0.15) is 12.0 Å². The van der Waals surface area contributed by atoms with Crippen molar-refractivity contribution in [3.8, 4) is 5.75 Å². The average molecular weight is 287 g/mol. The first kappa shape index (κ1) is 14.6. The van der Waals surface area contributed by atoms with Gasteiger partial charge in [-0.3, -0.25) is 0 Å². The molecule has 0 aromatic heterocycles. The molecule has 3 unspecified atom stereocenters. The largest absolute Gasteiger partial charge is 0.487 e. The predicted octanol–water partition coefficient (Wildman–Crippen LogP) is 2.19. The number of aryl methyl sites for hydroxylation is 1. The summed E-state index contributed by atoms with van der Waals surface area (Å²) in [7, 11) is 1.62. The lowest BCUT2D eigenvalue weighted by atomic mass is 9.88. The van der Waals surface area contributed by atoms with E-state index in [2.05, 4.69) is 0 Å². The summed E-state index contributed by atoms with van der Waals surface area (Å²) in [6, 6.07) is 5.49. The lowest BCUT2D eigenvalue weighted by Gasteiger charge is -2.41. The number of benzene rings is 1. The first-order valence-corrected chi connectivity index (χ1v) is 6.71. The highest BCUT2D eigenvalue weighted by Crippen LogP contribution is 2.31. The van der Waals surface area contributed by atoms with Crippen LogP contribution in [0.3, 0.4) is 0 Å².